The molecule has 4 heteroatoms. The number of anilines is 1. The molecule has 0 spiro atoms. The highest BCUT2D eigenvalue weighted by atomic mass is 35.5. The molecular formula is C20H31ClN2O. The van der Waals surface area contributed by atoms with E-state index in [1.165, 1.54) is 55.7 Å². The number of benzene rings is 1. The number of fused-ring (bicyclic) bond motifs is 1. The quantitative estimate of drug-likeness (QED) is 0.811. The zero-order chi connectivity index (χ0) is 16.3. The van der Waals surface area contributed by atoms with Gasteiger partial charge in [-0.2, -0.15) is 0 Å². The number of nitrogens with zero attached hydrogens (tertiary/aromatic N) is 1. The molecule has 134 valence electrons. The van der Waals surface area contributed by atoms with Crippen molar-refractivity contribution in [2.75, 3.05) is 31.6 Å². The van der Waals surface area contributed by atoms with Crippen molar-refractivity contribution in [2.24, 2.45) is 0 Å². The molecule has 0 aliphatic carbocycles. The molecule has 0 bridgehead atoms. The van der Waals surface area contributed by atoms with Crippen LogP contribution in [0.15, 0.2) is 23.8 Å². The lowest BCUT2D eigenvalue weighted by Gasteiger charge is -2.37. The summed E-state index contributed by atoms with van der Waals surface area (Å²) in [5.74, 6) is 0.958. The first-order valence-electron chi connectivity index (χ1n) is 9.07. The molecular weight excluding hydrogens is 320 g/mol. The van der Waals surface area contributed by atoms with Gasteiger partial charge in [-0.1, -0.05) is 12.5 Å². The van der Waals surface area contributed by atoms with Gasteiger partial charge in [-0.15, -0.1) is 12.4 Å². The lowest BCUT2D eigenvalue weighted by atomic mass is 9.85. The van der Waals surface area contributed by atoms with Gasteiger partial charge in [0, 0.05) is 17.8 Å². The molecule has 2 heterocycles. The second kappa shape index (κ2) is 8.26. The fraction of sp³-hybridized carbons (Fsp3) is 0.600. The maximum Gasteiger partial charge on any atom is 0.120 e. The molecule has 24 heavy (non-hydrogen) atoms. The van der Waals surface area contributed by atoms with Crippen molar-refractivity contribution >= 4 is 24.2 Å². The summed E-state index contributed by atoms with van der Waals surface area (Å²) in [5.41, 5.74) is 3.98. The van der Waals surface area contributed by atoms with Gasteiger partial charge in [0.05, 0.1) is 12.1 Å². The van der Waals surface area contributed by atoms with E-state index in [4.69, 9.17) is 4.74 Å². The largest absolute Gasteiger partial charge is 0.494 e. The minimum Gasteiger partial charge on any atom is -0.494 e. The Morgan fingerprint density at radius 3 is 2.62 bits per heavy atom. The summed E-state index contributed by atoms with van der Waals surface area (Å²) in [7, 11) is 0. The summed E-state index contributed by atoms with van der Waals surface area (Å²) in [5, 5.41) is 3.70. The Balaban J connectivity index is 0.00000208. The number of piperidine rings is 1. The van der Waals surface area contributed by atoms with E-state index in [-0.39, 0.29) is 17.9 Å². The topological polar surface area (TPSA) is 24.5 Å². The molecule has 2 aliphatic rings. The lowest BCUT2D eigenvalue weighted by molar-refractivity contribution is 0.229. The van der Waals surface area contributed by atoms with E-state index in [1.54, 1.807) is 0 Å². The number of likely N-dealkylation sites (tertiary alicyclic amines) is 1. The molecule has 3 nitrogen and oxygen atoms in total. The third-order valence-corrected chi connectivity index (χ3v) is 5.06. The molecule has 2 aliphatic heterocycles. The van der Waals surface area contributed by atoms with E-state index in [1.807, 2.05) is 6.92 Å². The van der Waals surface area contributed by atoms with E-state index in [9.17, 15) is 0 Å². The second-order valence-electron chi connectivity index (χ2n) is 7.25. The molecule has 1 aromatic carbocycles. The SMILES string of the molecule is CCOc1ccc2c(c1)C=C(CCN1CCCCC1)C(C)(C)N2.Cl. The minimum absolute atomic E-state index is 0. The first-order chi connectivity index (χ1) is 11.1. The van der Waals surface area contributed by atoms with E-state index in [0.717, 1.165) is 12.2 Å². The highest BCUT2D eigenvalue weighted by Gasteiger charge is 2.28. The Bertz CT molecular complexity index is 577. The van der Waals surface area contributed by atoms with Crippen LogP contribution in [-0.2, 0) is 0 Å². The van der Waals surface area contributed by atoms with Crippen molar-refractivity contribution in [3.63, 3.8) is 0 Å². The maximum absolute atomic E-state index is 5.65. The van der Waals surface area contributed by atoms with E-state index >= 15 is 0 Å². The predicted octanol–water partition coefficient (Wildman–Crippen LogP) is 4.97. The Kier molecular flexibility index (Phi) is 6.59. The molecule has 0 radical (unpaired) electrons. The van der Waals surface area contributed by atoms with Crippen LogP contribution >= 0.6 is 12.4 Å². The Hall–Kier alpha value is -1.19. The van der Waals surface area contributed by atoms with Gasteiger partial charge < -0.3 is 15.0 Å². The van der Waals surface area contributed by atoms with Crippen LogP contribution in [0.4, 0.5) is 5.69 Å². The van der Waals surface area contributed by atoms with E-state index in [2.05, 4.69) is 48.3 Å². The minimum atomic E-state index is 0. The Morgan fingerprint density at radius 2 is 1.92 bits per heavy atom. The van der Waals surface area contributed by atoms with Crippen LogP contribution in [0.5, 0.6) is 5.75 Å². The van der Waals surface area contributed by atoms with Crippen LogP contribution in [0.1, 0.15) is 52.0 Å². The molecule has 0 unspecified atom stereocenters. The van der Waals surface area contributed by atoms with Gasteiger partial charge in [-0.05, 0) is 76.9 Å². The zero-order valence-electron chi connectivity index (χ0n) is 15.2. The highest BCUT2D eigenvalue weighted by Crippen LogP contribution is 2.36. The molecule has 0 amide bonds. The van der Waals surface area contributed by atoms with Crippen molar-refractivity contribution in [3.05, 3.63) is 29.3 Å². The summed E-state index contributed by atoms with van der Waals surface area (Å²) in [4.78, 5) is 2.62. The maximum atomic E-state index is 5.65. The van der Waals surface area contributed by atoms with Crippen molar-refractivity contribution < 1.29 is 4.74 Å². The normalized spacial score (nSPS) is 19.5. The van der Waals surface area contributed by atoms with Gasteiger partial charge in [-0.3, -0.25) is 0 Å². The average Bonchev–Trinajstić information content (AvgIpc) is 2.54. The van der Waals surface area contributed by atoms with Gasteiger partial charge in [-0.25, -0.2) is 0 Å². The molecule has 1 fully saturated rings. The monoisotopic (exact) mass is 350 g/mol. The number of rotatable bonds is 5. The molecule has 0 saturated carbocycles. The van der Waals surface area contributed by atoms with Crippen LogP contribution in [0.3, 0.4) is 0 Å². The van der Waals surface area contributed by atoms with E-state index in [0.29, 0.717) is 6.61 Å². The zero-order valence-corrected chi connectivity index (χ0v) is 16.0. The second-order valence-corrected chi connectivity index (χ2v) is 7.25. The molecule has 0 aromatic heterocycles. The Morgan fingerprint density at radius 1 is 1.17 bits per heavy atom. The summed E-state index contributed by atoms with van der Waals surface area (Å²) >= 11 is 0. The van der Waals surface area contributed by atoms with Gasteiger partial charge in [0.2, 0.25) is 0 Å². The van der Waals surface area contributed by atoms with Crippen LogP contribution in [-0.4, -0.2) is 36.7 Å². The molecule has 1 aromatic rings. The summed E-state index contributed by atoms with van der Waals surface area (Å²) in [6.45, 7) is 11.0. The van der Waals surface area contributed by atoms with Gasteiger partial charge in [0.15, 0.2) is 0 Å². The molecule has 1 N–H and O–H groups in total. The first kappa shape index (κ1) is 19.1. The first-order valence-corrected chi connectivity index (χ1v) is 9.07. The molecule has 3 rings (SSSR count). The van der Waals surface area contributed by atoms with Crippen LogP contribution < -0.4 is 10.1 Å². The Labute approximate surface area is 152 Å². The fourth-order valence-electron chi connectivity index (χ4n) is 3.66. The number of nitrogens with one attached hydrogen (secondary N) is 1. The fourth-order valence-corrected chi connectivity index (χ4v) is 3.66. The number of hydrogen-bond acceptors (Lipinski definition) is 3. The van der Waals surface area contributed by atoms with Crippen molar-refractivity contribution in [3.8, 4) is 5.75 Å². The van der Waals surface area contributed by atoms with Crippen molar-refractivity contribution in [1.82, 2.24) is 4.90 Å². The molecule has 1 saturated heterocycles. The number of halogens is 1. The third-order valence-electron chi connectivity index (χ3n) is 5.06. The highest BCUT2D eigenvalue weighted by molar-refractivity contribution is 5.85. The standard InChI is InChI=1S/C20H30N2O.ClH/c1-4-23-18-8-9-19-16(15-18)14-17(20(2,3)21-19)10-13-22-11-6-5-7-12-22;/h8-9,14-15,21H,4-7,10-13H2,1-3H3;1H. The van der Waals surface area contributed by atoms with E-state index < -0.39 is 0 Å². The summed E-state index contributed by atoms with van der Waals surface area (Å²) in [6, 6.07) is 6.35. The summed E-state index contributed by atoms with van der Waals surface area (Å²) < 4.78 is 5.65. The van der Waals surface area contributed by atoms with Gasteiger partial charge in [0.1, 0.15) is 5.75 Å². The molecule has 0 atom stereocenters. The smallest absolute Gasteiger partial charge is 0.120 e. The van der Waals surface area contributed by atoms with Crippen molar-refractivity contribution in [2.45, 2.75) is 52.0 Å². The predicted molar refractivity (Wildman–Crippen MR) is 105 cm³/mol. The number of hydrogen-bond donors (Lipinski definition) is 1. The van der Waals surface area contributed by atoms with Crippen LogP contribution in [0, 0.1) is 0 Å². The third kappa shape index (κ3) is 4.46. The summed E-state index contributed by atoms with van der Waals surface area (Å²) in [6.07, 6.45) is 7.64. The lowest BCUT2D eigenvalue weighted by Crippen LogP contribution is -2.38. The van der Waals surface area contributed by atoms with Gasteiger partial charge >= 0.3 is 0 Å². The average molecular weight is 351 g/mol. The van der Waals surface area contributed by atoms with Gasteiger partial charge in [0.25, 0.3) is 0 Å². The van der Waals surface area contributed by atoms with Crippen LogP contribution in [0.2, 0.25) is 0 Å². The van der Waals surface area contributed by atoms with Crippen LogP contribution in [0.25, 0.3) is 6.08 Å². The number of ether oxygens (including phenoxy) is 1. The van der Waals surface area contributed by atoms with Crippen molar-refractivity contribution in [1.29, 1.82) is 0 Å².